The smallest absolute Gasteiger partial charge is 0.261 e. The maximum absolute atomic E-state index is 12.6. The van der Waals surface area contributed by atoms with Crippen molar-refractivity contribution >= 4 is 17.2 Å². The number of nitrogens with one attached hydrogen (secondary N) is 1. The minimum absolute atomic E-state index is 0.0466. The Bertz CT molecular complexity index is 739. The van der Waals surface area contributed by atoms with Gasteiger partial charge in [0.25, 0.3) is 5.91 Å². The van der Waals surface area contributed by atoms with Crippen molar-refractivity contribution in [1.29, 1.82) is 0 Å². The lowest BCUT2D eigenvalue weighted by Crippen LogP contribution is -2.31. The predicted molar refractivity (Wildman–Crippen MR) is 108 cm³/mol. The van der Waals surface area contributed by atoms with Gasteiger partial charge in [0.2, 0.25) is 0 Å². The van der Waals surface area contributed by atoms with E-state index in [1.165, 1.54) is 19.4 Å². The molecule has 4 nitrogen and oxygen atoms in total. The molecular formula is C21H28N2O2S. The van der Waals surface area contributed by atoms with Crippen LogP contribution >= 0.6 is 11.3 Å². The molecule has 2 aromatic rings. The number of thiophene rings is 1. The van der Waals surface area contributed by atoms with Crippen LogP contribution in [0.5, 0.6) is 5.75 Å². The van der Waals surface area contributed by atoms with Gasteiger partial charge in [-0.25, -0.2) is 0 Å². The largest absolute Gasteiger partial charge is 0.494 e. The number of aryl methyl sites for hydroxylation is 1. The summed E-state index contributed by atoms with van der Waals surface area (Å²) in [7, 11) is 2.17. The van der Waals surface area contributed by atoms with E-state index >= 15 is 0 Å². The molecular weight excluding hydrogens is 344 g/mol. The Hall–Kier alpha value is -1.85. The van der Waals surface area contributed by atoms with Gasteiger partial charge in [0.1, 0.15) is 5.75 Å². The zero-order valence-electron chi connectivity index (χ0n) is 15.9. The first-order valence-corrected chi connectivity index (χ1v) is 10.2. The topological polar surface area (TPSA) is 41.6 Å². The molecule has 3 rings (SSSR count). The summed E-state index contributed by atoms with van der Waals surface area (Å²) in [5, 5.41) is 3.10. The van der Waals surface area contributed by atoms with Crippen molar-refractivity contribution in [2.75, 3.05) is 26.7 Å². The number of amides is 1. The molecule has 1 atom stereocenters. The van der Waals surface area contributed by atoms with Gasteiger partial charge >= 0.3 is 0 Å². The number of likely N-dealkylation sites (tertiary alicyclic amines) is 1. The Morgan fingerprint density at radius 1 is 1.35 bits per heavy atom. The first kappa shape index (κ1) is 18.9. The molecule has 1 amide bonds. The lowest BCUT2D eigenvalue weighted by Gasteiger charge is -2.19. The molecule has 0 saturated carbocycles. The quantitative estimate of drug-likeness (QED) is 0.786. The number of carbonyl (C=O) groups is 1. The van der Waals surface area contributed by atoms with Crippen LogP contribution in [0, 0.1) is 6.92 Å². The van der Waals surface area contributed by atoms with Gasteiger partial charge < -0.3 is 15.0 Å². The van der Waals surface area contributed by atoms with Crippen LogP contribution in [0.25, 0.3) is 10.4 Å². The van der Waals surface area contributed by atoms with Crippen molar-refractivity contribution in [3.8, 4) is 16.2 Å². The Morgan fingerprint density at radius 2 is 2.12 bits per heavy atom. The van der Waals surface area contributed by atoms with Gasteiger partial charge in [-0.3, -0.25) is 4.79 Å². The second-order valence-electron chi connectivity index (χ2n) is 6.90. The van der Waals surface area contributed by atoms with E-state index < -0.39 is 0 Å². The summed E-state index contributed by atoms with van der Waals surface area (Å²) < 4.78 is 5.49. The first-order valence-electron chi connectivity index (χ1n) is 9.40. The Labute approximate surface area is 160 Å². The van der Waals surface area contributed by atoms with Crippen LogP contribution in [0.3, 0.4) is 0 Å². The fourth-order valence-corrected chi connectivity index (χ4v) is 4.60. The normalized spacial score (nSPS) is 17.4. The molecule has 0 bridgehead atoms. The molecule has 0 aliphatic carbocycles. The van der Waals surface area contributed by atoms with Crippen molar-refractivity contribution in [2.24, 2.45) is 0 Å². The van der Waals surface area contributed by atoms with Gasteiger partial charge in [-0.05, 0) is 88.2 Å². The summed E-state index contributed by atoms with van der Waals surface area (Å²) in [5.74, 6) is 0.921. The second-order valence-corrected chi connectivity index (χ2v) is 7.95. The number of rotatable bonds is 7. The van der Waals surface area contributed by atoms with Gasteiger partial charge in [0.05, 0.1) is 11.5 Å². The summed E-state index contributed by atoms with van der Waals surface area (Å²) in [6.45, 7) is 6.57. The lowest BCUT2D eigenvalue weighted by atomic mass is 10.1. The van der Waals surface area contributed by atoms with Gasteiger partial charge in [-0.1, -0.05) is 0 Å². The third kappa shape index (κ3) is 4.46. The van der Waals surface area contributed by atoms with Crippen LogP contribution < -0.4 is 10.1 Å². The number of hydrogen-bond donors (Lipinski definition) is 1. The molecule has 1 aromatic carbocycles. The Balaban J connectivity index is 1.60. The highest BCUT2D eigenvalue weighted by Gasteiger charge is 2.21. The fraction of sp³-hybridized carbons (Fsp3) is 0.476. The van der Waals surface area contributed by atoms with Crippen LogP contribution in [-0.4, -0.2) is 43.6 Å². The molecule has 1 aromatic heterocycles. The summed E-state index contributed by atoms with van der Waals surface area (Å²) in [6.07, 6.45) is 3.54. The maximum atomic E-state index is 12.6. The SMILES string of the molecule is CCOc1ccc(-c2cc(C)c(C(=O)NCCC3CCCN3C)s2)cc1. The molecule has 2 heterocycles. The van der Waals surface area contributed by atoms with Crippen molar-refractivity contribution in [3.63, 3.8) is 0 Å². The van der Waals surface area contributed by atoms with E-state index in [4.69, 9.17) is 4.74 Å². The molecule has 26 heavy (non-hydrogen) atoms. The standard InChI is InChI=1S/C21H28N2O2S/c1-4-25-18-9-7-16(8-10-18)19-14-15(2)20(26-19)21(24)22-12-11-17-6-5-13-23(17)3/h7-10,14,17H,4-6,11-13H2,1-3H3,(H,22,24). The number of carbonyl (C=O) groups excluding carboxylic acids is 1. The van der Waals surface area contributed by atoms with E-state index in [1.54, 1.807) is 11.3 Å². The molecule has 0 spiro atoms. The zero-order chi connectivity index (χ0) is 18.5. The Kier molecular flexibility index (Phi) is 6.33. The molecule has 1 unspecified atom stereocenters. The van der Waals surface area contributed by atoms with Crippen molar-refractivity contribution in [2.45, 2.75) is 39.2 Å². The van der Waals surface area contributed by atoms with Crippen molar-refractivity contribution < 1.29 is 9.53 Å². The van der Waals surface area contributed by atoms with Crippen LogP contribution in [0.1, 0.15) is 41.4 Å². The molecule has 5 heteroatoms. The first-order chi connectivity index (χ1) is 12.6. The number of benzene rings is 1. The minimum Gasteiger partial charge on any atom is -0.494 e. The maximum Gasteiger partial charge on any atom is 0.261 e. The molecule has 1 N–H and O–H groups in total. The number of hydrogen-bond acceptors (Lipinski definition) is 4. The summed E-state index contributed by atoms with van der Waals surface area (Å²) in [5.41, 5.74) is 2.16. The van der Waals surface area contributed by atoms with Crippen LogP contribution in [0.4, 0.5) is 0 Å². The van der Waals surface area contributed by atoms with Crippen LogP contribution in [-0.2, 0) is 0 Å². The lowest BCUT2D eigenvalue weighted by molar-refractivity contribution is 0.0954. The van der Waals surface area contributed by atoms with E-state index in [2.05, 4.69) is 23.3 Å². The van der Waals surface area contributed by atoms with Gasteiger partial charge in [-0.2, -0.15) is 0 Å². The average molecular weight is 373 g/mol. The molecule has 0 radical (unpaired) electrons. The number of ether oxygens (including phenoxy) is 1. The van der Waals surface area contributed by atoms with Crippen LogP contribution in [0.2, 0.25) is 0 Å². The van der Waals surface area contributed by atoms with E-state index in [1.807, 2.05) is 38.1 Å². The average Bonchev–Trinajstić information content (AvgIpc) is 3.22. The zero-order valence-corrected chi connectivity index (χ0v) is 16.7. The van der Waals surface area contributed by atoms with Crippen molar-refractivity contribution in [3.05, 3.63) is 40.8 Å². The van der Waals surface area contributed by atoms with E-state index in [0.29, 0.717) is 12.6 Å². The van der Waals surface area contributed by atoms with Crippen molar-refractivity contribution in [1.82, 2.24) is 10.2 Å². The van der Waals surface area contributed by atoms with E-state index in [9.17, 15) is 4.79 Å². The van der Waals surface area contributed by atoms with Gasteiger partial charge in [0, 0.05) is 17.5 Å². The molecule has 1 aliphatic rings. The molecule has 1 aliphatic heterocycles. The molecule has 1 saturated heterocycles. The van der Waals surface area contributed by atoms with E-state index in [0.717, 1.165) is 39.6 Å². The second kappa shape index (κ2) is 8.69. The predicted octanol–water partition coefficient (Wildman–Crippen LogP) is 4.34. The number of nitrogens with zero attached hydrogens (tertiary/aromatic N) is 1. The highest BCUT2D eigenvalue weighted by Crippen LogP contribution is 2.32. The van der Waals surface area contributed by atoms with Crippen LogP contribution in [0.15, 0.2) is 30.3 Å². The third-order valence-electron chi connectivity index (χ3n) is 5.01. The molecule has 140 valence electrons. The van der Waals surface area contributed by atoms with E-state index in [-0.39, 0.29) is 5.91 Å². The Morgan fingerprint density at radius 3 is 2.77 bits per heavy atom. The third-order valence-corrected chi connectivity index (χ3v) is 6.29. The summed E-state index contributed by atoms with van der Waals surface area (Å²) in [6, 6.07) is 10.8. The highest BCUT2D eigenvalue weighted by atomic mass is 32.1. The molecule has 1 fully saturated rings. The van der Waals surface area contributed by atoms with Gasteiger partial charge in [-0.15, -0.1) is 11.3 Å². The highest BCUT2D eigenvalue weighted by molar-refractivity contribution is 7.17. The summed E-state index contributed by atoms with van der Waals surface area (Å²) >= 11 is 1.56. The monoisotopic (exact) mass is 372 g/mol. The minimum atomic E-state index is 0.0466. The summed E-state index contributed by atoms with van der Waals surface area (Å²) in [4.78, 5) is 16.9. The fourth-order valence-electron chi connectivity index (χ4n) is 3.51. The van der Waals surface area contributed by atoms with Gasteiger partial charge in [0.15, 0.2) is 0 Å².